The van der Waals surface area contributed by atoms with Crippen LogP contribution in [0, 0.1) is 0 Å². The quantitative estimate of drug-likeness (QED) is 0.797. The monoisotopic (exact) mass is 254 g/mol. The molecule has 1 atom stereocenters. The molecule has 1 aromatic carbocycles. The molecule has 17 heavy (non-hydrogen) atoms. The van der Waals surface area contributed by atoms with E-state index >= 15 is 0 Å². The van der Waals surface area contributed by atoms with Gasteiger partial charge in [0.15, 0.2) is 0 Å². The average Bonchev–Trinajstić information content (AvgIpc) is 2.72. The minimum absolute atomic E-state index is 0.178. The van der Waals surface area contributed by atoms with E-state index in [4.69, 9.17) is 22.1 Å². The van der Waals surface area contributed by atoms with Crippen LogP contribution < -0.4 is 11.1 Å². The molecule has 1 unspecified atom stereocenters. The zero-order chi connectivity index (χ0) is 12.5. The molecular formula is C12H15ClN2O2. The van der Waals surface area contributed by atoms with Gasteiger partial charge in [-0.2, -0.15) is 0 Å². The molecule has 0 aliphatic carbocycles. The highest BCUT2D eigenvalue weighted by Gasteiger charge is 2.37. The van der Waals surface area contributed by atoms with Gasteiger partial charge in [-0.25, -0.2) is 0 Å². The van der Waals surface area contributed by atoms with Crippen molar-refractivity contribution in [1.82, 2.24) is 0 Å². The van der Waals surface area contributed by atoms with Gasteiger partial charge in [0.25, 0.3) is 5.91 Å². The minimum atomic E-state index is -0.756. The summed E-state index contributed by atoms with van der Waals surface area (Å²) in [5, 5.41) is 3.22. The Morgan fingerprint density at radius 2 is 2.35 bits per heavy atom. The summed E-state index contributed by atoms with van der Waals surface area (Å²) in [6.07, 6.45) is 1.62. The van der Waals surface area contributed by atoms with Gasteiger partial charge in [0.2, 0.25) is 0 Å². The topological polar surface area (TPSA) is 64.4 Å². The van der Waals surface area contributed by atoms with E-state index < -0.39 is 5.60 Å². The third kappa shape index (κ3) is 2.53. The summed E-state index contributed by atoms with van der Waals surface area (Å²) in [6.45, 7) is 2.41. The molecule has 0 saturated carbocycles. The van der Waals surface area contributed by atoms with Gasteiger partial charge in [-0.05, 0) is 38.0 Å². The maximum absolute atomic E-state index is 12.1. The summed E-state index contributed by atoms with van der Waals surface area (Å²) in [7, 11) is 0. The van der Waals surface area contributed by atoms with E-state index in [1.165, 1.54) is 0 Å². The number of halogens is 1. The first-order valence-corrected chi connectivity index (χ1v) is 5.89. The van der Waals surface area contributed by atoms with Gasteiger partial charge in [0, 0.05) is 12.3 Å². The van der Waals surface area contributed by atoms with Crippen LogP contribution >= 0.6 is 11.6 Å². The fraction of sp³-hybridized carbons (Fsp3) is 0.417. The number of nitrogens with one attached hydrogen (secondary N) is 1. The standard InChI is InChI=1S/C12H15ClN2O2/c1-12(5-2-6-17-12)11(16)15-10-7-8(14)3-4-9(10)13/h3-4,7H,2,5-6,14H2,1H3,(H,15,16). The van der Waals surface area contributed by atoms with E-state index in [0.29, 0.717) is 23.0 Å². The molecule has 1 amide bonds. The van der Waals surface area contributed by atoms with Gasteiger partial charge in [-0.1, -0.05) is 11.6 Å². The number of carbonyl (C=O) groups is 1. The smallest absolute Gasteiger partial charge is 0.256 e. The zero-order valence-electron chi connectivity index (χ0n) is 9.63. The van der Waals surface area contributed by atoms with Crippen molar-refractivity contribution in [2.75, 3.05) is 17.7 Å². The summed E-state index contributed by atoms with van der Waals surface area (Å²) in [5.41, 5.74) is 5.97. The van der Waals surface area contributed by atoms with Crippen LogP contribution in [0.2, 0.25) is 5.02 Å². The molecule has 0 bridgehead atoms. The third-order valence-corrected chi connectivity index (χ3v) is 3.27. The Balaban J connectivity index is 2.15. The van der Waals surface area contributed by atoms with Crippen molar-refractivity contribution in [1.29, 1.82) is 0 Å². The maximum atomic E-state index is 12.1. The minimum Gasteiger partial charge on any atom is -0.399 e. The molecule has 4 nitrogen and oxygen atoms in total. The number of nitrogens with two attached hydrogens (primary N) is 1. The fourth-order valence-corrected chi connectivity index (χ4v) is 2.02. The summed E-state index contributed by atoms with van der Waals surface area (Å²) in [4.78, 5) is 12.1. The second kappa shape index (κ2) is 4.55. The number of rotatable bonds is 2. The lowest BCUT2D eigenvalue weighted by Gasteiger charge is -2.22. The first-order valence-electron chi connectivity index (χ1n) is 5.52. The number of carbonyl (C=O) groups excluding carboxylic acids is 1. The number of benzene rings is 1. The Labute approximate surface area is 105 Å². The zero-order valence-corrected chi connectivity index (χ0v) is 10.4. The first-order chi connectivity index (χ1) is 8.01. The Kier molecular flexibility index (Phi) is 3.26. The van der Waals surface area contributed by atoms with Crippen molar-refractivity contribution >= 4 is 28.9 Å². The molecular weight excluding hydrogens is 240 g/mol. The van der Waals surface area contributed by atoms with Gasteiger partial charge in [-0.15, -0.1) is 0 Å². The van der Waals surface area contributed by atoms with Gasteiger partial charge in [-0.3, -0.25) is 4.79 Å². The molecule has 1 heterocycles. The molecule has 1 aromatic rings. The second-order valence-corrected chi connectivity index (χ2v) is 4.78. The molecule has 1 aliphatic heterocycles. The summed E-state index contributed by atoms with van der Waals surface area (Å²) >= 11 is 5.98. The lowest BCUT2D eigenvalue weighted by atomic mass is 10.0. The SMILES string of the molecule is CC1(C(=O)Nc2cc(N)ccc2Cl)CCCO1. The molecule has 1 aliphatic rings. The van der Waals surface area contributed by atoms with Gasteiger partial charge in [0.05, 0.1) is 10.7 Å². The number of hydrogen-bond acceptors (Lipinski definition) is 3. The lowest BCUT2D eigenvalue weighted by Crippen LogP contribution is -2.39. The third-order valence-electron chi connectivity index (χ3n) is 2.94. The molecule has 92 valence electrons. The van der Waals surface area contributed by atoms with Crippen molar-refractivity contribution < 1.29 is 9.53 Å². The molecule has 5 heteroatoms. The van der Waals surface area contributed by atoms with Crippen LogP contribution in [-0.4, -0.2) is 18.1 Å². The highest BCUT2D eigenvalue weighted by Crippen LogP contribution is 2.29. The van der Waals surface area contributed by atoms with Crippen LogP contribution in [0.3, 0.4) is 0 Å². The lowest BCUT2D eigenvalue weighted by molar-refractivity contribution is -0.133. The summed E-state index contributed by atoms with van der Waals surface area (Å²) in [5.74, 6) is -0.178. The van der Waals surface area contributed by atoms with E-state index in [0.717, 1.165) is 12.8 Å². The Bertz CT molecular complexity index is 442. The predicted molar refractivity (Wildman–Crippen MR) is 68.1 cm³/mol. The van der Waals surface area contributed by atoms with Gasteiger partial charge in [0.1, 0.15) is 5.60 Å². The number of hydrogen-bond donors (Lipinski definition) is 2. The molecule has 0 spiro atoms. The Hall–Kier alpha value is -1.26. The van der Waals surface area contributed by atoms with Gasteiger partial charge >= 0.3 is 0 Å². The maximum Gasteiger partial charge on any atom is 0.256 e. The summed E-state index contributed by atoms with van der Waals surface area (Å²) < 4.78 is 5.46. The highest BCUT2D eigenvalue weighted by molar-refractivity contribution is 6.33. The van der Waals surface area contributed by atoms with E-state index in [1.807, 2.05) is 0 Å². The predicted octanol–water partition coefficient (Wildman–Crippen LogP) is 2.43. The fourth-order valence-electron chi connectivity index (χ4n) is 1.85. The molecule has 0 aromatic heterocycles. The van der Waals surface area contributed by atoms with Crippen LogP contribution in [0.1, 0.15) is 19.8 Å². The average molecular weight is 255 g/mol. The normalized spacial score (nSPS) is 23.6. The molecule has 3 N–H and O–H groups in total. The number of nitrogen functional groups attached to an aromatic ring is 1. The van der Waals surface area contributed by atoms with E-state index in [2.05, 4.69) is 5.32 Å². The van der Waals surface area contributed by atoms with Crippen LogP contribution in [0.15, 0.2) is 18.2 Å². The summed E-state index contributed by atoms with van der Waals surface area (Å²) in [6, 6.07) is 4.98. The first kappa shape index (κ1) is 12.2. The number of anilines is 2. The molecule has 2 rings (SSSR count). The van der Waals surface area contributed by atoms with Crippen molar-refractivity contribution in [2.24, 2.45) is 0 Å². The largest absolute Gasteiger partial charge is 0.399 e. The van der Waals surface area contributed by atoms with Crippen molar-refractivity contribution in [3.05, 3.63) is 23.2 Å². The van der Waals surface area contributed by atoms with Gasteiger partial charge < -0.3 is 15.8 Å². The Morgan fingerprint density at radius 3 is 3.00 bits per heavy atom. The van der Waals surface area contributed by atoms with Crippen molar-refractivity contribution in [3.63, 3.8) is 0 Å². The van der Waals surface area contributed by atoms with E-state index in [-0.39, 0.29) is 5.91 Å². The van der Waals surface area contributed by atoms with Crippen LogP contribution in [0.5, 0.6) is 0 Å². The molecule has 0 radical (unpaired) electrons. The second-order valence-electron chi connectivity index (χ2n) is 4.38. The highest BCUT2D eigenvalue weighted by atomic mass is 35.5. The number of ether oxygens (including phenoxy) is 1. The van der Waals surface area contributed by atoms with E-state index in [9.17, 15) is 4.79 Å². The van der Waals surface area contributed by atoms with Crippen LogP contribution in [-0.2, 0) is 9.53 Å². The van der Waals surface area contributed by atoms with Crippen LogP contribution in [0.4, 0.5) is 11.4 Å². The Morgan fingerprint density at radius 1 is 1.59 bits per heavy atom. The van der Waals surface area contributed by atoms with E-state index in [1.54, 1.807) is 25.1 Å². The van der Waals surface area contributed by atoms with Crippen molar-refractivity contribution in [3.8, 4) is 0 Å². The van der Waals surface area contributed by atoms with Crippen molar-refractivity contribution in [2.45, 2.75) is 25.4 Å². The molecule has 1 fully saturated rings. The molecule has 1 saturated heterocycles. The number of amides is 1. The van der Waals surface area contributed by atoms with Crippen LogP contribution in [0.25, 0.3) is 0 Å².